The van der Waals surface area contributed by atoms with E-state index in [-0.39, 0.29) is 0 Å². The second-order valence-electron chi connectivity index (χ2n) is 5.61. The van der Waals surface area contributed by atoms with Crippen LogP contribution in [0.2, 0.25) is 0 Å². The van der Waals surface area contributed by atoms with Crippen molar-refractivity contribution < 1.29 is 4.74 Å². The van der Waals surface area contributed by atoms with Crippen LogP contribution in [0.5, 0.6) is 5.88 Å². The van der Waals surface area contributed by atoms with Crippen molar-refractivity contribution in [3.05, 3.63) is 41.3 Å². The molecule has 0 N–H and O–H groups in total. The Hall–Kier alpha value is -1.88. The summed E-state index contributed by atoms with van der Waals surface area (Å²) in [6, 6.07) is 4.63. The molecule has 1 aliphatic heterocycles. The van der Waals surface area contributed by atoms with E-state index in [1.807, 2.05) is 37.1 Å². The SMILES string of the molecule is COc1c(CN2CCCC2c2cccnc2)c(C)nn1C. The zero-order chi connectivity index (χ0) is 14.8. The van der Waals surface area contributed by atoms with E-state index in [1.54, 1.807) is 7.11 Å². The van der Waals surface area contributed by atoms with Crippen LogP contribution in [0.1, 0.15) is 35.7 Å². The van der Waals surface area contributed by atoms with Crippen LogP contribution >= 0.6 is 0 Å². The molecule has 112 valence electrons. The number of rotatable bonds is 4. The van der Waals surface area contributed by atoms with E-state index in [2.05, 4.69) is 21.0 Å². The predicted molar refractivity (Wildman–Crippen MR) is 81.1 cm³/mol. The highest BCUT2D eigenvalue weighted by Gasteiger charge is 2.28. The molecule has 1 atom stereocenters. The Kier molecular flexibility index (Phi) is 3.92. The Labute approximate surface area is 125 Å². The summed E-state index contributed by atoms with van der Waals surface area (Å²) in [6.45, 7) is 4.03. The third-order valence-electron chi connectivity index (χ3n) is 4.28. The van der Waals surface area contributed by atoms with Gasteiger partial charge in [-0.25, -0.2) is 4.68 Å². The highest BCUT2D eigenvalue weighted by molar-refractivity contribution is 5.31. The van der Waals surface area contributed by atoms with E-state index < -0.39 is 0 Å². The first-order valence-electron chi connectivity index (χ1n) is 7.41. The lowest BCUT2D eigenvalue weighted by Crippen LogP contribution is -2.23. The van der Waals surface area contributed by atoms with Gasteiger partial charge in [0.05, 0.1) is 18.4 Å². The summed E-state index contributed by atoms with van der Waals surface area (Å²) in [5.74, 6) is 0.865. The van der Waals surface area contributed by atoms with E-state index in [0.29, 0.717) is 6.04 Å². The molecule has 0 radical (unpaired) electrons. The first kappa shape index (κ1) is 14.1. The van der Waals surface area contributed by atoms with Gasteiger partial charge < -0.3 is 4.74 Å². The van der Waals surface area contributed by atoms with Crippen molar-refractivity contribution in [3.63, 3.8) is 0 Å². The number of ether oxygens (including phenoxy) is 1. The highest BCUT2D eigenvalue weighted by atomic mass is 16.5. The van der Waals surface area contributed by atoms with Crippen LogP contribution in [0.4, 0.5) is 0 Å². The van der Waals surface area contributed by atoms with E-state index in [4.69, 9.17) is 4.74 Å². The quantitative estimate of drug-likeness (QED) is 0.866. The predicted octanol–water partition coefficient (Wildman–Crippen LogP) is 2.47. The fourth-order valence-electron chi connectivity index (χ4n) is 3.29. The van der Waals surface area contributed by atoms with Crippen LogP contribution < -0.4 is 4.74 Å². The molecule has 0 amide bonds. The molecular formula is C16H22N4O. The van der Waals surface area contributed by atoms with Crippen molar-refractivity contribution in [1.82, 2.24) is 19.7 Å². The molecule has 5 nitrogen and oxygen atoms in total. The van der Waals surface area contributed by atoms with Gasteiger partial charge in [-0.15, -0.1) is 0 Å². The van der Waals surface area contributed by atoms with E-state index in [9.17, 15) is 0 Å². The van der Waals surface area contributed by atoms with Gasteiger partial charge in [-0.05, 0) is 37.9 Å². The number of aryl methyl sites for hydroxylation is 2. The van der Waals surface area contributed by atoms with Crippen molar-refractivity contribution in [1.29, 1.82) is 0 Å². The second kappa shape index (κ2) is 5.85. The third-order valence-corrected chi connectivity index (χ3v) is 4.28. The van der Waals surface area contributed by atoms with Gasteiger partial charge >= 0.3 is 0 Å². The van der Waals surface area contributed by atoms with Gasteiger partial charge in [0.25, 0.3) is 0 Å². The minimum atomic E-state index is 0.447. The van der Waals surface area contributed by atoms with Crippen LogP contribution in [0.25, 0.3) is 0 Å². The molecule has 2 aromatic rings. The molecular weight excluding hydrogens is 264 g/mol. The van der Waals surface area contributed by atoms with Gasteiger partial charge in [0, 0.05) is 32.0 Å². The average Bonchev–Trinajstić information content (AvgIpc) is 3.05. The van der Waals surface area contributed by atoms with Crippen molar-refractivity contribution in [2.75, 3.05) is 13.7 Å². The van der Waals surface area contributed by atoms with Gasteiger partial charge in [-0.1, -0.05) is 6.07 Å². The van der Waals surface area contributed by atoms with E-state index in [1.165, 1.54) is 24.0 Å². The lowest BCUT2D eigenvalue weighted by atomic mass is 10.1. The van der Waals surface area contributed by atoms with E-state index >= 15 is 0 Å². The standard InChI is InChI=1S/C16H22N4O/c1-12-14(16(21-3)19(2)18-12)11-20-9-5-7-15(20)13-6-4-8-17-10-13/h4,6,8,10,15H,5,7,9,11H2,1-3H3. The van der Waals surface area contributed by atoms with Gasteiger partial charge in [0.15, 0.2) is 0 Å². The van der Waals surface area contributed by atoms with E-state index in [0.717, 1.165) is 24.7 Å². The van der Waals surface area contributed by atoms with Crippen LogP contribution in [0, 0.1) is 6.92 Å². The fourth-order valence-corrected chi connectivity index (χ4v) is 3.29. The molecule has 0 aromatic carbocycles. The summed E-state index contributed by atoms with van der Waals surface area (Å²) >= 11 is 0. The van der Waals surface area contributed by atoms with Crippen LogP contribution in [-0.4, -0.2) is 33.3 Å². The summed E-state index contributed by atoms with van der Waals surface area (Å²) in [7, 11) is 3.64. The zero-order valence-corrected chi connectivity index (χ0v) is 12.9. The summed E-state index contributed by atoms with van der Waals surface area (Å²) in [5, 5.41) is 4.47. The molecule has 0 aliphatic carbocycles. The average molecular weight is 286 g/mol. The maximum atomic E-state index is 5.51. The number of likely N-dealkylation sites (tertiary alicyclic amines) is 1. The fraction of sp³-hybridized carbons (Fsp3) is 0.500. The smallest absolute Gasteiger partial charge is 0.216 e. The lowest BCUT2D eigenvalue weighted by molar-refractivity contribution is 0.242. The summed E-state index contributed by atoms with van der Waals surface area (Å²) in [4.78, 5) is 6.76. The van der Waals surface area contributed by atoms with Crippen LogP contribution in [0.3, 0.4) is 0 Å². The summed E-state index contributed by atoms with van der Waals surface area (Å²) < 4.78 is 7.33. The zero-order valence-electron chi connectivity index (χ0n) is 12.9. The van der Waals surface area contributed by atoms with Gasteiger partial charge in [-0.3, -0.25) is 9.88 Å². The first-order valence-corrected chi connectivity index (χ1v) is 7.41. The molecule has 2 aromatic heterocycles. The lowest BCUT2D eigenvalue weighted by Gasteiger charge is -2.24. The molecule has 0 spiro atoms. The molecule has 3 heterocycles. The first-order chi connectivity index (χ1) is 10.2. The number of nitrogens with zero attached hydrogens (tertiary/aromatic N) is 4. The minimum Gasteiger partial charge on any atom is -0.481 e. The molecule has 21 heavy (non-hydrogen) atoms. The Balaban J connectivity index is 1.84. The molecule has 1 unspecified atom stereocenters. The monoisotopic (exact) mass is 286 g/mol. The minimum absolute atomic E-state index is 0.447. The molecule has 1 fully saturated rings. The Bertz CT molecular complexity index is 608. The largest absolute Gasteiger partial charge is 0.481 e. The number of methoxy groups -OCH3 is 1. The topological polar surface area (TPSA) is 43.2 Å². The summed E-state index contributed by atoms with van der Waals surface area (Å²) in [5.41, 5.74) is 3.54. The molecule has 1 saturated heterocycles. The maximum Gasteiger partial charge on any atom is 0.216 e. The Morgan fingerprint density at radius 3 is 3.00 bits per heavy atom. The second-order valence-corrected chi connectivity index (χ2v) is 5.61. The van der Waals surface area contributed by atoms with Crippen LogP contribution in [-0.2, 0) is 13.6 Å². The third kappa shape index (κ3) is 2.65. The number of pyridine rings is 1. The van der Waals surface area contributed by atoms with Crippen molar-refractivity contribution in [2.24, 2.45) is 7.05 Å². The van der Waals surface area contributed by atoms with Crippen molar-refractivity contribution in [3.8, 4) is 5.88 Å². The van der Waals surface area contributed by atoms with Crippen molar-refractivity contribution in [2.45, 2.75) is 32.4 Å². The molecule has 0 saturated carbocycles. The molecule has 3 rings (SSSR count). The summed E-state index contributed by atoms with van der Waals surface area (Å²) in [6.07, 6.45) is 6.22. The van der Waals surface area contributed by atoms with Crippen molar-refractivity contribution >= 4 is 0 Å². The van der Waals surface area contributed by atoms with Gasteiger partial charge in [-0.2, -0.15) is 5.10 Å². The molecule has 0 bridgehead atoms. The van der Waals surface area contributed by atoms with Gasteiger partial charge in [0.2, 0.25) is 5.88 Å². The highest BCUT2D eigenvalue weighted by Crippen LogP contribution is 2.34. The normalized spacial score (nSPS) is 19.1. The number of hydrogen-bond donors (Lipinski definition) is 0. The Morgan fingerprint density at radius 2 is 2.29 bits per heavy atom. The number of hydrogen-bond acceptors (Lipinski definition) is 4. The van der Waals surface area contributed by atoms with Crippen LogP contribution in [0.15, 0.2) is 24.5 Å². The van der Waals surface area contributed by atoms with Gasteiger partial charge in [0.1, 0.15) is 0 Å². The molecule has 1 aliphatic rings. The number of aromatic nitrogens is 3. The molecule has 5 heteroatoms. The Morgan fingerprint density at radius 1 is 1.43 bits per heavy atom. The maximum absolute atomic E-state index is 5.51.